The first-order chi connectivity index (χ1) is 10.0. The predicted octanol–water partition coefficient (Wildman–Crippen LogP) is 4.60. The topological polar surface area (TPSA) is 54.0 Å². The van der Waals surface area contributed by atoms with Crippen molar-refractivity contribution in [1.29, 1.82) is 0 Å². The molecule has 0 saturated carbocycles. The molecule has 0 aliphatic heterocycles. The van der Waals surface area contributed by atoms with E-state index in [0.29, 0.717) is 17.9 Å². The van der Waals surface area contributed by atoms with Gasteiger partial charge in [-0.2, -0.15) is 0 Å². The number of halogens is 2. The molecule has 0 radical (unpaired) electrons. The molecule has 0 aliphatic rings. The van der Waals surface area contributed by atoms with Crippen LogP contribution in [0.15, 0.2) is 39.4 Å². The van der Waals surface area contributed by atoms with Gasteiger partial charge < -0.3 is 10.6 Å². The number of pyridine rings is 1. The number of carbonyl (C=O) groups is 1. The lowest BCUT2D eigenvalue weighted by Crippen LogP contribution is -2.16. The number of rotatable bonds is 4. The second kappa shape index (κ2) is 7.04. The van der Waals surface area contributed by atoms with Gasteiger partial charge in [-0.15, -0.1) is 0 Å². The second-order valence-electron chi connectivity index (χ2n) is 4.50. The van der Waals surface area contributed by atoms with E-state index in [0.717, 1.165) is 20.2 Å². The Bertz CT molecular complexity index is 674. The Hall–Kier alpha value is -1.40. The molecule has 4 nitrogen and oxygen atoms in total. The Kier molecular flexibility index (Phi) is 5.36. The van der Waals surface area contributed by atoms with Gasteiger partial charge in [-0.05, 0) is 59.6 Å². The van der Waals surface area contributed by atoms with Crippen LogP contribution in [0.25, 0.3) is 0 Å². The van der Waals surface area contributed by atoms with Crippen molar-refractivity contribution in [3.8, 4) is 0 Å². The average molecular weight is 413 g/mol. The van der Waals surface area contributed by atoms with Gasteiger partial charge in [0.15, 0.2) is 0 Å². The van der Waals surface area contributed by atoms with Crippen LogP contribution in [-0.4, -0.2) is 17.4 Å². The minimum atomic E-state index is -0.193. The van der Waals surface area contributed by atoms with Crippen LogP contribution in [0.5, 0.6) is 0 Å². The lowest BCUT2D eigenvalue weighted by molar-refractivity contribution is 0.102. The van der Waals surface area contributed by atoms with Crippen LogP contribution in [0.2, 0.25) is 0 Å². The first-order valence-corrected chi connectivity index (χ1v) is 8.06. The molecule has 0 atom stereocenters. The molecule has 1 heterocycles. The van der Waals surface area contributed by atoms with Gasteiger partial charge in [0.25, 0.3) is 5.91 Å². The maximum Gasteiger partial charge on any atom is 0.259 e. The maximum atomic E-state index is 12.4. The summed E-state index contributed by atoms with van der Waals surface area (Å²) < 4.78 is 1.78. The Labute approximate surface area is 140 Å². The molecule has 21 heavy (non-hydrogen) atoms. The molecular weight excluding hydrogens is 398 g/mol. The molecule has 2 rings (SSSR count). The number of hydrogen-bond donors (Lipinski definition) is 2. The van der Waals surface area contributed by atoms with Gasteiger partial charge in [0.05, 0.1) is 5.56 Å². The zero-order valence-corrected chi connectivity index (χ0v) is 14.9. The highest BCUT2D eigenvalue weighted by atomic mass is 79.9. The molecule has 6 heteroatoms. The van der Waals surface area contributed by atoms with Gasteiger partial charge in [0, 0.05) is 27.4 Å². The van der Waals surface area contributed by atoms with Crippen molar-refractivity contribution in [3.05, 3.63) is 50.5 Å². The molecule has 0 aliphatic carbocycles. The number of anilines is 2. The first kappa shape index (κ1) is 16.0. The fourth-order valence-electron chi connectivity index (χ4n) is 1.84. The molecule has 0 unspecified atom stereocenters. The van der Waals surface area contributed by atoms with Gasteiger partial charge in [-0.3, -0.25) is 4.79 Å². The fourth-order valence-corrected chi connectivity index (χ4v) is 2.42. The van der Waals surface area contributed by atoms with Crippen LogP contribution in [0, 0.1) is 6.92 Å². The second-order valence-corrected chi connectivity index (χ2v) is 6.27. The van der Waals surface area contributed by atoms with Crippen molar-refractivity contribution in [2.24, 2.45) is 0 Å². The SMILES string of the molecule is CCNc1ncc(Br)cc1C(=O)Nc1ccc(Br)c(C)c1. The van der Waals surface area contributed by atoms with Crippen LogP contribution in [0.1, 0.15) is 22.8 Å². The van der Waals surface area contributed by atoms with E-state index < -0.39 is 0 Å². The Morgan fingerprint density at radius 3 is 2.71 bits per heavy atom. The Morgan fingerprint density at radius 1 is 1.29 bits per heavy atom. The number of nitrogens with one attached hydrogen (secondary N) is 2. The largest absolute Gasteiger partial charge is 0.370 e. The highest BCUT2D eigenvalue weighted by Gasteiger charge is 2.13. The monoisotopic (exact) mass is 411 g/mol. The number of hydrogen-bond acceptors (Lipinski definition) is 3. The summed E-state index contributed by atoms with van der Waals surface area (Å²) >= 11 is 6.79. The smallest absolute Gasteiger partial charge is 0.259 e. The van der Waals surface area contributed by atoms with E-state index in [2.05, 4.69) is 47.5 Å². The fraction of sp³-hybridized carbons (Fsp3) is 0.200. The van der Waals surface area contributed by atoms with Crippen LogP contribution in [0.4, 0.5) is 11.5 Å². The lowest BCUT2D eigenvalue weighted by Gasteiger charge is -2.11. The highest BCUT2D eigenvalue weighted by Crippen LogP contribution is 2.22. The summed E-state index contributed by atoms with van der Waals surface area (Å²) in [5, 5.41) is 5.98. The summed E-state index contributed by atoms with van der Waals surface area (Å²) in [6.45, 7) is 4.64. The summed E-state index contributed by atoms with van der Waals surface area (Å²) in [6.07, 6.45) is 1.67. The molecule has 0 bridgehead atoms. The van der Waals surface area contributed by atoms with Crippen LogP contribution >= 0.6 is 31.9 Å². The van der Waals surface area contributed by atoms with Crippen LogP contribution in [-0.2, 0) is 0 Å². The molecule has 2 N–H and O–H groups in total. The molecular formula is C15H15Br2N3O. The minimum Gasteiger partial charge on any atom is -0.370 e. The van der Waals surface area contributed by atoms with Crippen molar-refractivity contribution in [2.45, 2.75) is 13.8 Å². The standard InChI is InChI=1S/C15H15Br2N3O/c1-3-18-14-12(7-10(16)8-19-14)15(21)20-11-4-5-13(17)9(2)6-11/h4-8H,3H2,1-2H3,(H,18,19)(H,20,21). The number of benzene rings is 1. The molecule has 110 valence electrons. The lowest BCUT2D eigenvalue weighted by atomic mass is 10.2. The van der Waals surface area contributed by atoms with Crippen molar-refractivity contribution in [3.63, 3.8) is 0 Å². The van der Waals surface area contributed by atoms with Crippen LogP contribution in [0.3, 0.4) is 0 Å². The maximum absolute atomic E-state index is 12.4. The third-order valence-electron chi connectivity index (χ3n) is 2.86. The average Bonchev–Trinajstić information content (AvgIpc) is 2.45. The molecule has 1 aromatic heterocycles. The number of aryl methyl sites for hydroxylation is 1. The molecule has 1 aromatic carbocycles. The van der Waals surface area contributed by atoms with Gasteiger partial charge in [-0.1, -0.05) is 15.9 Å². The number of amides is 1. The van der Waals surface area contributed by atoms with Gasteiger partial charge in [0.2, 0.25) is 0 Å². The van der Waals surface area contributed by atoms with Gasteiger partial charge >= 0.3 is 0 Å². The van der Waals surface area contributed by atoms with E-state index in [9.17, 15) is 4.79 Å². The van der Waals surface area contributed by atoms with Crippen molar-refractivity contribution >= 4 is 49.3 Å². The van der Waals surface area contributed by atoms with Gasteiger partial charge in [-0.25, -0.2) is 4.98 Å². The quantitative estimate of drug-likeness (QED) is 0.771. The van der Waals surface area contributed by atoms with Crippen molar-refractivity contribution < 1.29 is 4.79 Å². The minimum absolute atomic E-state index is 0.193. The zero-order valence-electron chi connectivity index (χ0n) is 11.7. The third-order valence-corrected chi connectivity index (χ3v) is 4.18. The Morgan fingerprint density at radius 2 is 2.05 bits per heavy atom. The number of carbonyl (C=O) groups excluding carboxylic acids is 1. The summed E-state index contributed by atoms with van der Waals surface area (Å²) in [5.41, 5.74) is 2.32. The van der Waals surface area contributed by atoms with Crippen molar-refractivity contribution in [1.82, 2.24) is 4.98 Å². The van der Waals surface area contributed by atoms with Crippen molar-refractivity contribution in [2.75, 3.05) is 17.2 Å². The molecule has 0 spiro atoms. The third kappa shape index (κ3) is 4.04. The molecule has 1 amide bonds. The summed E-state index contributed by atoms with van der Waals surface area (Å²) in [6, 6.07) is 7.44. The van der Waals surface area contributed by atoms with E-state index in [1.54, 1.807) is 12.3 Å². The molecule has 0 fully saturated rings. The number of nitrogens with zero attached hydrogens (tertiary/aromatic N) is 1. The summed E-state index contributed by atoms with van der Waals surface area (Å²) in [4.78, 5) is 16.7. The highest BCUT2D eigenvalue weighted by molar-refractivity contribution is 9.10. The van der Waals surface area contributed by atoms with E-state index >= 15 is 0 Å². The van der Waals surface area contributed by atoms with Gasteiger partial charge in [0.1, 0.15) is 5.82 Å². The van der Waals surface area contributed by atoms with E-state index in [-0.39, 0.29) is 5.91 Å². The Balaban J connectivity index is 2.27. The normalized spacial score (nSPS) is 10.3. The zero-order chi connectivity index (χ0) is 15.4. The summed E-state index contributed by atoms with van der Waals surface area (Å²) in [7, 11) is 0. The number of aromatic nitrogens is 1. The molecule has 0 saturated heterocycles. The summed E-state index contributed by atoms with van der Waals surface area (Å²) in [5.74, 6) is 0.383. The van der Waals surface area contributed by atoms with E-state index in [1.165, 1.54) is 0 Å². The molecule has 2 aromatic rings. The first-order valence-electron chi connectivity index (χ1n) is 6.48. The van der Waals surface area contributed by atoms with E-state index in [1.807, 2.05) is 32.0 Å². The predicted molar refractivity (Wildman–Crippen MR) is 92.9 cm³/mol. The van der Waals surface area contributed by atoms with Crippen LogP contribution < -0.4 is 10.6 Å². The van der Waals surface area contributed by atoms with E-state index in [4.69, 9.17) is 0 Å².